The average molecular weight is 411 g/mol. The summed E-state index contributed by atoms with van der Waals surface area (Å²) in [5.74, 6) is 0.529. The second-order valence-electron chi connectivity index (χ2n) is 9.37. The molecule has 0 bridgehead atoms. The summed E-state index contributed by atoms with van der Waals surface area (Å²) in [5, 5.41) is 0. The Kier molecular flexibility index (Phi) is 7.57. The second-order valence-corrected chi connectivity index (χ2v) is 10.1. The summed E-state index contributed by atoms with van der Waals surface area (Å²) in [5.41, 5.74) is 5.47. The fourth-order valence-corrected chi connectivity index (χ4v) is 4.78. The van der Waals surface area contributed by atoms with Gasteiger partial charge in [-0.25, -0.2) is 0 Å². The van der Waals surface area contributed by atoms with Crippen molar-refractivity contribution in [1.29, 1.82) is 0 Å². The van der Waals surface area contributed by atoms with E-state index in [9.17, 15) is 9.59 Å². The lowest BCUT2D eigenvalue weighted by Gasteiger charge is -2.30. The van der Waals surface area contributed by atoms with Gasteiger partial charge in [-0.1, -0.05) is 57.2 Å². The van der Waals surface area contributed by atoms with Crippen LogP contribution in [0, 0.1) is 39.0 Å². The van der Waals surface area contributed by atoms with Crippen LogP contribution in [0.3, 0.4) is 0 Å². The van der Waals surface area contributed by atoms with Crippen LogP contribution >= 0.6 is 9.24 Å². The van der Waals surface area contributed by atoms with Crippen molar-refractivity contribution in [2.75, 3.05) is 0 Å². The minimum Gasteiger partial charge on any atom is -0.294 e. The molecule has 29 heavy (non-hydrogen) atoms. The molecule has 0 aliphatic carbocycles. The van der Waals surface area contributed by atoms with Gasteiger partial charge < -0.3 is 0 Å². The number of benzene rings is 2. The van der Waals surface area contributed by atoms with Crippen LogP contribution in [-0.4, -0.2) is 17.2 Å². The topological polar surface area (TPSA) is 34.1 Å². The number of hydrogen-bond donors (Lipinski definition) is 0. The molecule has 0 heterocycles. The molecule has 2 aromatic carbocycles. The molecule has 0 saturated carbocycles. The van der Waals surface area contributed by atoms with Crippen molar-refractivity contribution in [2.24, 2.45) is 11.3 Å². The summed E-state index contributed by atoms with van der Waals surface area (Å²) < 4.78 is 0. The average Bonchev–Trinajstić information content (AvgIpc) is 2.59. The van der Waals surface area contributed by atoms with Gasteiger partial charge in [0.05, 0.1) is 0 Å². The molecule has 0 aliphatic heterocycles. The van der Waals surface area contributed by atoms with E-state index < -0.39 is 0 Å². The number of Topliss-reactive ketones (excluding diaryl/α,β-unsaturated/α-hetero) is 2. The van der Waals surface area contributed by atoms with Gasteiger partial charge in [0, 0.05) is 23.2 Å². The number of hydrogen-bond acceptors (Lipinski definition) is 2. The van der Waals surface area contributed by atoms with Gasteiger partial charge in [0.1, 0.15) is 0 Å². The number of aryl methyl sites for hydroxylation is 4. The predicted molar refractivity (Wildman–Crippen MR) is 126 cm³/mol. The number of carbonyl (C=O) groups excluding carboxylic acids is 2. The minimum absolute atomic E-state index is 0.160. The first-order chi connectivity index (χ1) is 13.4. The Bertz CT molecular complexity index is 870. The van der Waals surface area contributed by atoms with Crippen LogP contribution in [0.1, 0.15) is 76.6 Å². The number of rotatable bonds is 8. The first-order valence-electron chi connectivity index (χ1n) is 10.4. The van der Waals surface area contributed by atoms with E-state index in [4.69, 9.17) is 0 Å². The first kappa shape index (κ1) is 23.5. The van der Waals surface area contributed by atoms with Gasteiger partial charge in [0.15, 0.2) is 11.6 Å². The maximum absolute atomic E-state index is 13.2. The summed E-state index contributed by atoms with van der Waals surface area (Å²) in [4.78, 5) is 26.2. The molecule has 0 aliphatic rings. The third kappa shape index (κ3) is 5.64. The number of ketones is 2. The Balaban J connectivity index is 2.13. The van der Waals surface area contributed by atoms with E-state index in [1.165, 1.54) is 0 Å². The van der Waals surface area contributed by atoms with Crippen LogP contribution in [0.5, 0.6) is 0 Å². The molecule has 0 N–H and O–H groups in total. The fourth-order valence-electron chi connectivity index (χ4n) is 4.48. The van der Waals surface area contributed by atoms with Crippen LogP contribution in [0.2, 0.25) is 0 Å². The standard InChI is InChI=1S/C26H35O2P/c1-16-10-8-11-17(2)22(16)21(27)15-26(6,7)14-20(5)25(29)24(28)23-18(3)12-9-13-19(23)4/h8-13,20,25H,14-15,29H2,1-7H3. The lowest BCUT2D eigenvalue weighted by Crippen LogP contribution is -2.29. The van der Waals surface area contributed by atoms with Gasteiger partial charge in [-0.05, 0) is 67.7 Å². The molecule has 0 fully saturated rings. The zero-order valence-corrected chi connectivity index (χ0v) is 20.1. The molecule has 3 heteroatoms. The second kappa shape index (κ2) is 9.35. The van der Waals surface area contributed by atoms with Crippen LogP contribution in [0.15, 0.2) is 36.4 Å². The third-order valence-electron chi connectivity index (χ3n) is 5.92. The van der Waals surface area contributed by atoms with Crippen LogP contribution in [0.4, 0.5) is 0 Å². The monoisotopic (exact) mass is 410 g/mol. The van der Waals surface area contributed by atoms with Crippen molar-refractivity contribution in [1.82, 2.24) is 0 Å². The summed E-state index contributed by atoms with van der Waals surface area (Å²) in [7, 11) is 2.76. The molecule has 2 rings (SSSR count). The van der Waals surface area contributed by atoms with Gasteiger partial charge in [0.25, 0.3) is 0 Å². The molecular weight excluding hydrogens is 375 g/mol. The Morgan fingerprint density at radius 1 is 0.862 bits per heavy atom. The maximum Gasteiger partial charge on any atom is 0.170 e. The maximum atomic E-state index is 13.2. The van der Waals surface area contributed by atoms with E-state index >= 15 is 0 Å². The lowest BCUT2D eigenvalue weighted by molar-refractivity contribution is 0.0904. The summed E-state index contributed by atoms with van der Waals surface area (Å²) in [6.45, 7) is 14.4. The van der Waals surface area contributed by atoms with E-state index in [-0.39, 0.29) is 28.6 Å². The van der Waals surface area contributed by atoms with Gasteiger partial charge in [-0.2, -0.15) is 0 Å². The molecule has 2 nitrogen and oxygen atoms in total. The molecule has 0 aromatic heterocycles. The first-order valence-corrected chi connectivity index (χ1v) is 11.1. The predicted octanol–water partition coefficient (Wildman–Crippen LogP) is 6.67. The smallest absolute Gasteiger partial charge is 0.170 e. The fraction of sp³-hybridized carbons (Fsp3) is 0.462. The minimum atomic E-state index is -0.179. The molecule has 0 radical (unpaired) electrons. The molecule has 2 aromatic rings. The van der Waals surface area contributed by atoms with E-state index in [1.807, 2.05) is 64.1 Å². The van der Waals surface area contributed by atoms with E-state index in [0.717, 1.165) is 39.8 Å². The lowest BCUT2D eigenvalue weighted by atomic mass is 9.76. The highest BCUT2D eigenvalue weighted by atomic mass is 31.0. The van der Waals surface area contributed by atoms with Crippen molar-refractivity contribution >= 4 is 20.8 Å². The third-order valence-corrected chi connectivity index (χ3v) is 6.88. The highest BCUT2D eigenvalue weighted by Crippen LogP contribution is 2.36. The number of carbonyl (C=O) groups is 2. The molecule has 3 unspecified atom stereocenters. The quantitative estimate of drug-likeness (QED) is 0.360. The Morgan fingerprint density at radius 3 is 1.72 bits per heavy atom. The molecule has 0 saturated heterocycles. The van der Waals surface area contributed by atoms with Crippen LogP contribution in [0.25, 0.3) is 0 Å². The normalized spacial score (nSPS) is 13.8. The van der Waals surface area contributed by atoms with Gasteiger partial charge in [0.2, 0.25) is 0 Å². The largest absolute Gasteiger partial charge is 0.294 e. The van der Waals surface area contributed by atoms with E-state index in [1.54, 1.807) is 0 Å². The van der Waals surface area contributed by atoms with Crippen LogP contribution in [-0.2, 0) is 0 Å². The Labute approximate surface area is 178 Å². The van der Waals surface area contributed by atoms with Crippen molar-refractivity contribution in [3.8, 4) is 0 Å². The summed E-state index contributed by atoms with van der Waals surface area (Å²) in [6.07, 6.45) is 1.30. The molecule has 156 valence electrons. The van der Waals surface area contributed by atoms with Gasteiger partial charge in [-0.3, -0.25) is 9.59 Å². The highest BCUT2D eigenvalue weighted by molar-refractivity contribution is 7.19. The zero-order chi connectivity index (χ0) is 21.9. The van der Waals surface area contributed by atoms with Crippen molar-refractivity contribution in [3.63, 3.8) is 0 Å². The highest BCUT2D eigenvalue weighted by Gasteiger charge is 2.31. The van der Waals surface area contributed by atoms with Crippen molar-refractivity contribution in [2.45, 2.75) is 67.0 Å². The summed E-state index contributed by atoms with van der Waals surface area (Å²) >= 11 is 0. The van der Waals surface area contributed by atoms with Crippen LogP contribution < -0.4 is 0 Å². The zero-order valence-electron chi connectivity index (χ0n) is 18.9. The van der Waals surface area contributed by atoms with Crippen molar-refractivity contribution in [3.05, 3.63) is 69.8 Å². The molecule has 3 atom stereocenters. The van der Waals surface area contributed by atoms with Gasteiger partial charge in [-0.15, -0.1) is 9.24 Å². The molecule has 0 amide bonds. The molecule has 0 spiro atoms. The Hall–Kier alpha value is -1.79. The molecular formula is C26H35O2P. The SMILES string of the molecule is Cc1cccc(C)c1C(=O)CC(C)(C)CC(C)C(P)C(=O)c1c(C)cccc1C. The summed E-state index contributed by atoms with van der Waals surface area (Å²) in [6, 6.07) is 12.0. The van der Waals surface area contributed by atoms with Gasteiger partial charge >= 0.3 is 0 Å². The van der Waals surface area contributed by atoms with E-state index in [2.05, 4.69) is 30.0 Å². The Morgan fingerprint density at radius 2 is 1.28 bits per heavy atom. The van der Waals surface area contributed by atoms with E-state index in [0.29, 0.717) is 6.42 Å². The van der Waals surface area contributed by atoms with Crippen molar-refractivity contribution < 1.29 is 9.59 Å².